The fourth-order valence-corrected chi connectivity index (χ4v) is 3.95. The van der Waals surface area contributed by atoms with Crippen LogP contribution in [-0.2, 0) is 12.8 Å². The highest BCUT2D eigenvalue weighted by Crippen LogP contribution is 2.35. The normalized spacial score (nSPS) is 12.3. The fraction of sp³-hybridized carbons (Fsp3) is 0.577. The van der Waals surface area contributed by atoms with E-state index in [4.69, 9.17) is 14.5 Å². The number of fused-ring (bicyclic) bond motifs is 3. The van der Waals surface area contributed by atoms with E-state index in [0.717, 1.165) is 62.6 Å². The first-order chi connectivity index (χ1) is 14.3. The van der Waals surface area contributed by atoms with E-state index >= 15 is 0 Å². The number of pyridine rings is 1. The Balaban J connectivity index is 1.51. The van der Waals surface area contributed by atoms with Gasteiger partial charge in [-0.05, 0) is 55.0 Å². The van der Waals surface area contributed by atoms with E-state index in [2.05, 4.69) is 38.1 Å². The maximum absolute atomic E-state index is 6.03. The molecule has 3 heteroatoms. The van der Waals surface area contributed by atoms with E-state index in [1.165, 1.54) is 55.2 Å². The monoisotopic (exact) mass is 395 g/mol. The van der Waals surface area contributed by atoms with E-state index in [-0.39, 0.29) is 0 Å². The summed E-state index contributed by atoms with van der Waals surface area (Å²) in [6.07, 6.45) is 13.4. The van der Waals surface area contributed by atoms with E-state index in [9.17, 15) is 0 Å². The van der Waals surface area contributed by atoms with Gasteiger partial charge in [-0.3, -0.25) is 0 Å². The standard InChI is InChI=1S/C26H37NO2/c1-3-5-7-8-9-10-11-19-28-22-13-14-23-21(20-22)12-16-25-24(23)15-17-26(27-25)29-18-6-4-2/h13-15,17,20H,3-12,16,18-19H2,1-2H3. The van der Waals surface area contributed by atoms with Gasteiger partial charge >= 0.3 is 0 Å². The van der Waals surface area contributed by atoms with Crippen molar-refractivity contribution in [2.24, 2.45) is 0 Å². The Bertz CT molecular complexity index is 756. The summed E-state index contributed by atoms with van der Waals surface area (Å²) in [7, 11) is 0. The van der Waals surface area contributed by atoms with Crippen LogP contribution in [0, 0.1) is 0 Å². The summed E-state index contributed by atoms with van der Waals surface area (Å²) in [4.78, 5) is 4.75. The summed E-state index contributed by atoms with van der Waals surface area (Å²) >= 11 is 0. The van der Waals surface area contributed by atoms with Gasteiger partial charge in [0.05, 0.1) is 18.9 Å². The Kier molecular flexibility index (Phi) is 8.85. The van der Waals surface area contributed by atoms with Gasteiger partial charge in [-0.2, -0.15) is 0 Å². The van der Waals surface area contributed by atoms with Crippen molar-refractivity contribution in [3.8, 4) is 22.8 Å². The topological polar surface area (TPSA) is 31.4 Å². The van der Waals surface area contributed by atoms with E-state index in [0.29, 0.717) is 0 Å². The number of aryl methyl sites for hydroxylation is 2. The summed E-state index contributed by atoms with van der Waals surface area (Å²) < 4.78 is 11.8. The van der Waals surface area contributed by atoms with Crippen LogP contribution in [0.25, 0.3) is 11.1 Å². The highest BCUT2D eigenvalue weighted by molar-refractivity contribution is 5.73. The molecule has 0 atom stereocenters. The number of unbranched alkanes of at least 4 members (excludes halogenated alkanes) is 7. The first-order valence-corrected chi connectivity index (χ1v) is 11.7. The molecule has 3 nitrogen and oxygen atoms in total. The van der Waals surface area contributed by atoms with E-state index in [1.807, 2.05) is 6.07 Å². The predicted molar refractivity (Wildman–Crippen MR) is 121 cm³/mol. The number of nitrogens with zero attached hydrogens (tertiary/aromatic N) is 1. The Morgan fingerprint density at radius 2 is 1.45 bits per heavy atom. The molecule has 1 aliphatic carbocycles. The molecule has 0 radical (unpaired) electrons. The highest BCUT2D eigenvalue weighted by Gasteiger charge is 2.18. The molecule has 0 saturated carbocycles. The molecule has 1 aromatic heterocycles. The Morgan fingerprint density at radius 1 is 0.724 bits per heavy atom. The minimum absolute atomic E-state index is 0.748. The zero-order chi connectivity index (χ0) is 20.3. The second-order valence-corrected chi connectivity index (χ2v) is 8.13. The van der Waals surface area contributed by atoms with Crippen LogP contribution in [0.1, 0.15) is 82.9 Å². The molecule has 0 saturated heterocycles. The third kappa shape index (κ3) is 6.48. The first kappa shape index (κ1) is 21.7. The molecule has 2 aromatic rings. The molecular formula is C26H37NO2. The predicted octanol–water partition coefficient (Wildman–Crippen LogP) is 7.16. The molecule has 0 N–H and O–H groups in total. The SMILES string of the molecule is CCCCCCCCCOc1ccc2c(c1)CCc1nc(OCCCC)ccc1-2. The molecule has 1 aromatic carbocycles. The van der Waals surface area contributed by atoms with Gasteiger partial charge in [0.2, 0.25) is 5.88 Å². The van der Waals surface area contributed by atoms with Crippen LogP contribution in [0.4, 0.5) is 0 Å². The van der Waals surface area contributed by atoms with Gasteiger partial charge < -0.3 is 9.47 Å². The smallest absolute Gasteiger partial charge is 0.213 e. The van der Waals surface area contributed by atoms with Crippen molar-refractivity contribution >= 4 is 0 Å². The largest absolute Gasteiger partial charge is 0.494 e. The van der Waals surface area contributed by atoms with E-state index < -0.39 is 0 Å². The summed E-state index contributed by atoms with van der Waals surface area (Å²) in [5.41, 5.74) is 5.06. The van der Waals surface area contributed by atoms with Crippen molar-refractivity contribution < 1.29 is 9.47 Å². The second kappa shape index (κ2) is 11.8. The van der Waals surface area contributed by atoms with Gasteiger partial charge in [0.15, 0.2) is 0 Å². The van der Waals surface area contributed by atoms with Crippen molar-refractivity contribution in [1.82, 2.24) is 4.98 Å². The number of aromatic nitrogens is 1. The third-order valence-electron chi connectivity index (χ3n) is 5.71. The highest BCUT2D eigenvalue weighted by atomic mass is 16.5. The molecule has 0 unspecified atom stereocenters. The minimum Gasteiger partial charge on any atom is -0.494 e. The zero-order valence-corrected chi connectivity index (χ0v) is 18.3. The van der Waals surface area contributed by atoms with Gasteiger partial charge in [-0.15, -0.1) is 0 Å². The van der Waals surface area contributed by atoms with Crippen LogP contribution in [0.2, 0.25) is 0 Å². The van der Waals surface area contributed by atoms with Crippen molar-refractivity contribution in [2.45, 2.75) is 84.5 Å². The van der Waals surface area contributed by atoms with Gasteiger partial charge in [0.1, 0.15) is 5.75 Å². The molecule has 1 aliphatic rings. The van der Waals surface area contributed by atoms with Gasteiger partial charge in [-0.25, -0.2) is 4.98 Å². The summed E-state index contributed by atoms with van der Waals surface area (Å²) in [5.74, 6) is 1.76. The Morgan fingerprint density at radius 3 is 2.28 bits per heavy atom. The Labute approximate surface area is 176 Å². The number of benzene rings is 1. The van der Waals surface area contributed by atoms with E-state index in [1.54, 1.807) is 0 Å². The van der Waals surface area contributed by atoms with Crippen LogP contribution in [0.3, 0.4) is 0 Å². The summed E-state index contributed by atoms with van der Waals surface area (Å²) in [6, 6.07) is 10.7. The minimum atomic E-state index is 0.748. The number of ether oxygens (including phenoxy) is 2. The van der Waals surface area contributed by atoms with Crippen LogP contribution < -0.4 is 9.47 Å². The van der Waals surface area contributed by atoms with Gasteiger partial charge in [0.25, 0.3) is 0 Å². The van der Waals surface area contributed by atoms with Gasteiger partial charge in [0, 0.05) is 11.6 Å². The lowest BCUT2D eigenvalue weighted by Crippen LogP contribution is -2.08. The molecule has 0 fully saturated rings. The van der Waals surface area contributed by atoms with Crippen molar-refractivity contribution in [1.29, 1.82) is 0 Å². The lowest BCUT2D eigenvalue weighted by atomic mass is 9.88. The number of hydrogen-bond acceptors (Lipinski definition) is 3. The number of rotatable bonds is 13. The number of hydrogen-bond donors (Lipinski definition) is 0. The maximum atomic E-state index is 6.03. The fourth-order valence-electron chi connectivity index (χ4n) is 3.95. The molecule has 0 aliphatic heterocycles. The molecule has 0 spiro atoms. The van der Waals surface area contributed by atoms with Crippen LogP contribution in [-0.4, -0.2) is 18.2 Å². The molecule has 0 amide bonds. The Hall–Kier alpha value is -2.03. The lowest BCUT2D eigenvalue weighted by molar-refractivity contribution is 0.297. The third-order valence-corrected chi connectivity index (χ3v) is 5.71. The van der Waals surface area contributed by atoms with Crippen LogP contribution in [0.5, 0.6) is 11.6 Å². The molecule has 29 heavy (non-hydrogen) atoms. The maximum Gasteiger partial charge on any atom is 0.213 e. The quantitative estimate of drug-likeness (QED) is 0.337. The van der Waals surface area contributed by atoms with Crippen molar-refractivity contribution in [3.05, 3.63) is 41.6 Å². The summed E-state index contributed by atoms with van der Waals surface area (Å²) in [5, 5.41) is 0. The molecule has 0 bridgehead atoms. The molecule has 158 valence electrons. The van der Waals surface area contributed by atoms with Crippen molar-refractivity contribution in [3.63, 3.8) is 0 Å². The summed E-state index contributed by atoms with van der Waals surface area (Å²) in [6.45, 7) is 6.01. The lowest BCUT2D eigenvalue weighted by Gasteiger charge is -2.20. The second-order valence-electron chi connectivity index (χ2n) is 8.13. The first-order valence-electron chi connectivity index (χ1n) is 11.7. The van der Waals surface area contributed by atoms with Crippen LogP contribution in [0.15, 0.2) is 30.3 Å². The average Bonchev–Trinajstić information content (AvgIpc) is 2.75. The van der Waals surface area contributed by atoms with Gasteiger partial charge in [-0.1, -0.05) is 64.9 Å². The zero-order valence-electron chi connectivity index (χ0n) is 18.3. The molecular weight excluding hydrogens is 358 g/mol. The average molecular weight is 396 g/mol. The van der Waals surface area contributed by atoms with Crippen molar-refractivity contribution in [2.75, 3.05) is 13.2 Å². The molecule has 1 heterocycles. The molecule has 3 rings (SSSR count). The van der Waals surface area contributed by atoms with Crippen LogP contribution >= 0.6 is 0 Å².